The molecule has 0 bridgehead atoms. The van der Waals surface area contributed by atoms with E-state index in [1.54, 1.807) is 12.3 Å². The van der Waals surface area contributed by atoms with Crippen molar-refractivity contribution in [2.75, 3.05) is 6.54 Å². The largest absolute Gasteiger partial charge is 0.461 e. The molecular formula is C15H18N2O3. The highest BCUT2D eigenvalue weighted by Gasteiger charge is 2.53. The van der Waals surface area contributed by atoms with Gasteiger partial charge >= 0.3 is 0 Å². The molecule has 1 aliphatic carbocycles. The molecule has 106 valence electrons. The summed E-state index contributed by atoms with van der Waals surface area (Å²) in [5.41, 5.74) is 0.222. The first-order valence-corrected chi connectivity index (χ1v) is 7.05. The monoisotopic (exact) mass is 274 g/mol. The molecule has 1 fully saturated rings. The van der Waals surface area contributed by atoms with E-state index in [0.29, 0.717) is 17.2 Å². The molecule has 0 saturated heterocycles. The van der Waals surface area contributed by atoms with E-state index in [2.05, 4.69) is 17.4 Å². The van der Waals surface area contributed by atoms with E-state index >= 15 is 0 Å². The van der Waals surface area contributed by atoms with Gasteiger partial charge in [-0.15, -0.1) is 0 Å². The van der Waals surface area contributed by atoms with Crippen molar-refractivity contribution in [1.29, 1.82) is 0 Å². The van der Waals surface area contributed by atoms with Crippen LogP contribution in [0.1, 0.15) is 38.3 Å². The third-order valence-electron chi connectivity index (χ3n) is 3.77. The Bertz CT molecular complexity index is 582. The van der Waals surface area contributed by atoms with Gasteiger partial charge in [-0.05, 0) is 31.4 Å². The fourth-order valence-electron chi connectivity index (χ4n) is 2.31. The molecule has 1 saturated carbocycles. The minimum atomic E-state index is -0.484. The van der Waals surface area contributed by atoms with Crippen molar-refractivity contribution < 1.29 is 13.7 Å². The lowest BCUT2D eigenvalue weighted by Gasteiger charge is -2.11. The van der Waals surface area contributed by atoms with Crippen LogP contribution in [0.4, 0.5) is 0 Å². The number of rotatable bonds is 6. The quantitative estimate of drug-likeness (QED) is 0.822. The van der Waals surface area contributed by atoms with Gasteiger partial charge in [-0.25, -0.2) is 0 Å². The lowest BCUT2D eigenvalue weighted by Crippen LogP contribution is -2.35. The molecule has 0 unspecified atom stereocenters. The fraction of sp³-hybridized carbons (Fsp3) is 0.467. The van der Waals surface area contributed by atoms with E-state index in [9.17, 15) is 4.79 Å². The van der Waals surface area contributed by atoms with E-state index in [4.69, 9.17) is 8.94 Å². The lowest BCUT2D eigenvalue weighted by molar-refractivity contribution is -0.123. The Balaban J connectivity index is 1.74. The first-order valence-electron chi connectivity index (χ1n) is 7.05. The van der Waals surface area contributed by atoms with Crippen LogP contribution in [-0.4, -0.2) is 17.6 Å². The first kappa shape index (κ1) is 13.0. The molecule has 0 spiro atoms. The molecule has 0 atom stereocenters. The molecule has 3 rings (SSSR count). The standard InChI is InChI=1S/C15H18N2O3/c1-2-3-8-16-14(18)15(6-7-15)13-10-12(20-17-13)11-5-4-9-19-11/h4-5,9-10H,2-3,6-8H2,1H3,(H,16,18). The van der Waals surface area contributed by atoms with Gasteiger partial charge in [0.25, 0.3) is 0 Å². The van der Waals surface area contributed by atoms with Crippen molar-refractivity contribution in [2.24, 2.45) is 0 Å². The van der Waals surface area contributed by atoms with Crippen LogP contribution in [0.25, 0.3) is 11.5 Å². The summed E-state index contributed by atoms with van der Waals surface area (Å²) in [5, 5.41) is 7.04. The minimum absolute atomic E-state index is 0.0604. The van der Waals surface area contributed by atoms with Gasteiger partial charge in [0.1, 0.15) is 0 Å². The number of hydrogen-bond acceptors (Lipinski definition) is 4. The van der Waals surface area contributed by atoms with E-state index in [0.717, 1.165) is 32.2 Å². The Hall–Kier alpha value is -2.04. The molecule has 1 N–H and O–H groups in total. The maximum absolute atomic E-state index is 12.3. The molecule has 0 aromatic carbocycles. The Morgan fingerprint density at radius 1 is 1.45 bits per heavy atom. The molecule has 0 aliphatic heterocycles. The Morgan fingerprint density at radius 2 is 2.30 bits per heavy atom. The minimum Gasteiger partial charge on any atom is -0.461 e. The summed E-state index contributed by atoms with van der Waals surface area (Å²) in [6.45, 7) is 2.83. The number of carbonyl (C=O) groups excluding carboxylic acids is 1. The van der Waals surface area contributed by atoms with Crippen LogP contribution < -0.4 is 5.32 Å². The molecule has 2 aromatic heterocycles. The zero-order chi connectivity index (χ0) is 14.0. The third-order valence-corrected chi connectivity index (χ3v) is 3.77. The smallest absolute Gasteiger partial charge is 0.232 e. The molecule has 0 radical (unpaired) electrons. The predicted octanol–water partition coefficient (Wildman–Crippen LogP) is 2.88. The zero-order valence-electron chi connectivity index (χ0n) is 11.5. The Labute approximate surface area is 117 Å². The maximum atomic E-state index is 12.3. The number of aromatic nitrogens is 1. The lowest BCUT2D eigenvalue weighted by atomic mass is 10.0. The van der Waals surface area contributed by atoms with Crippen molar-refractivity contribution >= 4 is 5.91 Å². The molecule has 5 heteroatoms. The van der Waals surface area contributed by atoms with Crippen molar-refractivity contribution in [2.45, 2.75) is 38.0 Å². The Kier molecular flexibility index (Phi) is 3.34. The molecule has 5 nitrogen and oxygen atoms in total. The molecule has 20 heavy (non-hydrogen) atoms. The number of amides is 1. The third kappa shape index (κ3) is 2.24. The summed E-state index contributed by atoms with van der Waals surface area (Å²) < 4.78 is 10.6. The van der Waals surface area contributed by atoms with Crippen molar-refractivity contribution in [3.8, 4) is 11.5 Å². The van der Waals surface area contributed by atoms with Crippen LogP contribution in [0.3, 0.4) is 0 Å². The molecular weight excluding hydrogens is 256 g/mol. The van der Waals surface area contributed by atoms with Crippen molar-refractivity contribution in [3.63, 3.8) is 0 Å². The zero-order valence-corrected chi connectivity index (χ0v) is 11.5. The van der Waals surface area contributed by atoms with Crippen LogP contribution >= 0.6 is 0 Å². The number of nitrogens with one attached hydrogen (secondary N) is 1. The number of nitrogens with zero attached hydrogens (tertiary/aromatic N) is 1. The highest BCUT2D eigenvalue weighted by Crippen LogP contribution is 2.48. The van der Waals surface area contributed by atoms with Gasteiger partial charge in [-0.2, -0.15) is 0 Å². The summed E-state index contributed by atoms with van der Waals surface area (Å²) in [7, 11) is 0. The summed E-state index contributed by atoms with van der Waals surface area (Å²) in [6, 6.07) is 5.41. The van der Waals surface area contributed by atoms with Crippen LogP contribution in [-0.2, 0) is 10.2 Å². The number of unbranched alkanes of at least 4 members (excludes halogenated alkanes) is 1. The highest BCUT2D eigenvalue weighted by atomic mass is 16.5. The topological polar surface area (TPSA) is 68.3 Å². The molecule has 2 heterocycles. The maximum Gasteiger partial charge on any atom is 0.232 e. The predicted molar refractivity (Wildman–Crippen MR) is 73.0 cm³/mol. The average molecular weight is 274 g/mol. The van der Waals surface area contributed by atoms with Crippen molar-refractivity contribution in [3.05, 3.63) is 30.2 Å². The van der Waals surface area contributed by atoms with Gasteiger partial charge < -0.3 is 14.3 Å². The van der Waals surface area contributed by atoms with Gasteiger partial charge in [0, 0.05) is 12.6 Å². The summed E-state index contributed by atoms with van der Waals surface area (Å²) >= 11 is 0. The second-order valence-corrected chi connectivity index (χ2v) is 5.25. The summed E-state index contributed by atoms with van der Waals surface area (Å²) in [6.07, 6.45) is 5.31. The van der Waals surface area contributed by atoms with Gasteiger partial charge in [-0.3, -0.25) is 4.79 Å². The molecule has 1 aliphatic rings. The summed E-state index contributed by atoms with van der Waals surface area (Å²) in [4.78, 5) is 12.3. The van der Waals surface area contributed by atoms with Gasteiger partial charge in [0.2, 0.25) is 11.7 Å². The SMILES string of the molecule is CCCCNC(=O)C1(c2cc(-c3ccco3)on2)CC1. The fourth-order valence-corrected chi connectivity index (χ4v) is 2.31. The number of carbonyl (C=O) groups is 1. The van der Waals surface area contributed by atoms with E-state index < -0.39 is 5.41 Å². The average Bonchev–Trinajstić information content (AvgIpc) is 2.91. The van der Waals surface area contributed by atoms with E-state index in [-0.39, 0.29) is 5.91 Å². The van der Waals surface area contributed by atoms with Gasteiger partial charge in [0.05, 0.1) is 17.4 Å². The molecule has 1 amide bonds. The Morgan fingerprint density at radius 3 is 2.95 bits per heavy atom. The normalized spacial score (nSPS) is 16.1. The van der Waals surface area contributed by atoms with Crippen LogP contribution in [0.2, 0.25) is 0 Å². The van der Waals surface area contributed by atoms with E-state index in [1.165, 1.54) is 0 Å². The van der Waals surface area contributed by atoms with Crippen LogP contribution in [0.15, 0.2) is 33.4 Å². The van der Waals surface area contributed by atoms with Gasteiger partial charge in [0.15, 0.2) is 5.76 Å². The second kappa shape index (κ2) is 5.15. The van der Waals surface area contributed by atoms with Crippen molar-refractivity contribution in [1.82, 2.24) is 10.5 Å². The number of furan rings is 1. The second-order valence-electron chi connectivity index (χ2n) is 5.25. The van der Waals surface area contributed by atoms with Crippen LogP contribution in [0, 0.1) is 0 Å². The number of hydrogen-bond donors (Lipinski definition) is 1. The molecule has 2 aromatic rings. The highest BCUT2D eigenvalue weighted by molar-refractivity contribution is 5.90. The van der Waals surface area contributed by atoms with E-state index in [1.807, 2.05) is 12.1 Å². The first-order chi connectivity index (χ1) is 9.76. The van der Waals surface area contributed by atoms with Crippen LogP contribution in [0.5, 0.6) is 0 Å². The van der Waals surface area contributed by atoms with Gasteiger partial charge in [-0.1, -0.05) is 18.5 Å². The summed E-state index contributed by atoms with van der Waals surface area (Å²) in [5.74, 6) is 1.26.